The summed E-state index contributed by atoms with van der Waals surface area (Å²) in [6, 6.07) is 0. The maximum absolute atomic E-state index is 11.8. The number of rotatable bonds is 0. The van der Waals surface area contributed by atoms with E-state index < -0.39 is 18.1 Å². The molecule has 3 N–H and O–H groups in total. The molecule has 5 heteroatoms. The van der Waals surface area contributed by atoms with Crippen molar-refractivity contribution in [1.82, 2.24) is 0 Å². The van der Waals surface area contributed by atoms with Crippen LogP contribution < -0.4 is 0 Å². The quantitative estimate of drug-likeness (QED) is 0.523. The SMILES string of the molecule is CC1(O)CCCCC(C)(O)P1(=O)O. The van der Waals surface area contributed by atoms with Crippen molar-refractivity contribution in [2.24, 2.45) is 0 Å². The Hall–Kier alpha value is 0.110. The average Bonchev–Trinajstić information content (AvgIpc) is 2.01. The van der Waals surface area contributed by atoms with Crippen LogP contribution in [-0.4, -0.2) is 25.8 Å². The average molecular weight is 208 g/mol. The van der Waals surface area contributed by atoms with Gasteiger partial charge in [0.05, 0.1) is 0 Å². The standard InChI is InChI=1S/C8H17O4P/c1-7(9)5-3-4-6-8(2,10)13(7,11)12/h9-10H,3-6H2,1-2H3,(H,11,12). The molecule has 0 aromatic carbocycles. The summed E-state index contributed by atoms with van der Waals surface area (Å²) in [5, 5.41) is 16.2. The van der Waals surface area contributed by atoms with Gasteiger partial charge in [-0.2, -0.15) is 0 Å². The summed E-state index contributed by atoms with van der Waals surface area (Å²) in [5.41, 5.74) is 0. The molecule has 1 rings (SSSR count). The van der Waals surface area contributed by atoms with Crippen molar-refractivity contribution in [2.45, 2.75) is 50.2 Å². The molecule has 1 fully saturated rings. The van der Waals surface area contributed by atoms with E-state index in [4.69, 9.17) is 0 Å². The number of aliphatic hydroxyl groups is 2. The zero-order valence-corrected chi connectivity index (χ0v) is 8.92. The molecule has 1 aliphatic rings. The lowest BCUT2D eigenvalue weighted by molar-refractivity contribution is 0.0800. The summed E-state index contributed by atoms with van der Waals surface area (Å²) >= 11 is 0. The normalized spacial score (nSPS) is 53.0. The lowest BCUT2D eigenvalue weighted by Gasteiger charge is -2.35. The van der Waals surface area contributed by atoms with Crippen LogP contribution in [0.2, 0.25) is 0 Å². The molecule has 0 saturated carbocycles. The molecule has 1 aliphatic heterocycles. The zero-order chi connectivity index (χ0) is 10.3. The first-order valence-electron chi connectivity index (χ1n) is 4.48. The van der Waals surface area contributed by atoms with Gasteiger partial charge in [-0.1, -0.05) is 0 Å². The van der Waals surface area contributed by atoms with Crippen LogP contribution in [0.4, 0.5) is 0 Å². The van der Waals surface area contributed by atoms with Crippen molar-refractivity contribution in [2.75, 3.05) is 0 Å². The van der Waals surface area contributed by atoms with Crippen LogP contribution in [0.15, 0.2) is 0 Å². The third kappa shape index (κ3) is 1.68. The highest BCUT2D eigenvalue weighted by atomic mass is 31.2. The predicted octanol–water partition coefficient (Wildman–Crippen LogP) is 1.25. The fourth-order valence-electron chi connectivity index (χ4n) is 1.74. The summed E-state index contributed by atoms with van der Waals surface area (Å²) < 4.78 is 11.8. The van der Waals surface area contributed by atoms with Crippen LogP contribution in [0.1, 0.15) is 39.5 Å². The Balaban J connectivity index is 3.11. The lowest BCUT2D eigenvalue weighted by Crippen LogP contribution is -2.35. The van der Waals surface area contributed by atoms with Crippen molar-refractivity contribution in [1.29, 1.82) is 0 Å². The van der Waals surface area contributed by atoms with E-state index in [1.807, 2.05) is 0 Å². The molecule has 1 saturated heterocycles. The molecule has 0 aliphatic carbocycles. The number of hydrogen-bond acceptors (Lipinski definition) is 3. The van der Waals surface area contributed by atoms with Crippen molar-refractivity contribution in [3.8, 4) is 0 Å². The van der Waals surface area contributed by atoms with Crippen molar-refractivity contribution >= 4 is 7.37 Å². The van der Waals surface area contributed by atoms with E-state index in [9.17, 15) is 19.7 Å². The topological polar surface area (TPSA) is 77.8 Å². The Morgan fingerprint density at radius 3 is 1.69 bits per heavy atom. The molecule has 0 bridgehead atoms. The van der Waals surface area contributed by atoms with Gasteiger partial charge >= 0.3 is 0 Å². The minimum Gasteiger partial charge on any atom is -0.380 e. The monoisotopic (exact) mass is 208 g/mol. The third-order valence-corrected chi connectivity index (χ3v) is 5.92. The van der Waals surface area contributed by atoms with Gasteiger partial charge in [-0.05, 0) is 39.5 Å². The van der Waals surface area contributed by atoms with Gasteiger partial charge in [-0.15, -0.1) is 0 Å². The minimum atomic E-state index is -3.92. The molecular weight excluding hydrogens is 191 g/mol. The number of hydrogen-bond donors (Lipinski definition) is 3. The van der Waals surface area contributed by atoms with E-state index in [1.165, 1.54) is 13.8 Å². The maximum Gasteiger partial charge on any atom is 0.261 e. The fraction of sp³-hybridized carbons (Fsp3) is 1.00. The summed E-state index contributed by atoms with van der Waals surface area (Å²) in [6.07, 6.45) is 1.90. The van der Waals surface area contributed by atoms with Crippen LogP contribution in [0, 0.1) is 0 Å². The second-order valence-corrected chi connectivity index (χ2v) is 7.30. The molecule has 0 aromatic rings. The van der Waals surface area contributed by atoms with E-state index >= 15 is 0 Å². The Bertz CT molecular complexity index is 225. The summed E-state index contributed by atoms with van der Waals surface area (Å²) in [4.78, 5) is 9.67. The lowest BCUT2D eigenvalue weighted by atomic mass is 10.1. The van der Waals surface area contributed by atoms with E-state index in [0.29, 0.717) is 12.8 Å². The van der Waals surface area contributed by atoms with Gasteiger partial charge in [0, 0.05) is 0 Å². The van der Waals surface area contributed by atoms with E-state index in [0.717, 1.165) is 0 Å². The Kier molecular flexibility index (Phi) is 2.63. The van der Waals surface area contributed by atoms with Gasteiger partial charge in [-0.25, -0.2) is 0 Å². The summed E-state index contributed by atoms with van der Waals surface area (Å²) in [6.45, 7) is 2.65. The van der Waals surface area contributed by atoms with E-state index in [1.54, 1.807) is 0 Å². The molecule has 0 spiro atoms. The van der Waals surface area contributed by atoms with Gasteiger partial charge < -0.3 is 15.1 Å². The van der Waals surface area contributed by atoms with Gasteiger partial charge in [0.1, 0.15) is 10.7 Å². The Morgan fingerprint density at radius 1 is 1.08 bits per heavy atom. The summed E-state index contributed by atoms with van der Waals surface area (Å²) in [5.74, 6) is 0. The van der Waals surface area contributed by atoms with Crippen LogP contribution >= 0.6 is 7.37 Å². The van der Waals surface area contributed by atoms with Crippen molar-refractivity contribution in [3.05, 3.63) is 0 Å². The van der Waals surface area contributed by atoms with Crippen LogP contribution in [0.25, 0.3) is 0 Å². The second kappa shape index (κ2) is 3.06. The van der Waals surface area contributed by atoms with Crippen LogP contribution in [0.5, 0.6) is 0 Å². The second-order valence-electron chi connectivity index (χ2n) is 4.22. The van der Waals surface area contributed by atoms with E-state index in [2.05, 4.69) is 0 Å². The third-order valence-electron chi connectivity index (χ3n) is 2.86. The van der Waals surface area contributed by atoms with Crippen molar-refractivity contribution < 1.29 is 19.7 Å². The van der Waals surface area contributed by atoms with Crippen molar-refractivity contribution in [3.63, 3.8) is 0 Å². The van der Waals surface area contributed by atoms with Gasteiger partial charge in [0.15, 0.2) is 0 Å². The Labute approximate surface area is 78.0 Å². The van der Waals surface area contributed by atoms with Gasteiger partial charge in [0.2, 0.25) is 0 Å². The van der Waals surface area contributed by atoms with Crippen LogP contribution in [0.3, 0.4) is 0 Å². The molecule has 2 unspecified atom stereocenters. The predicted molar refractivity (Wildman–Crippen MR) is 49.5 cm³/mol. The molecular formula is C8H17O4P. The molecule has 0 aromatic heterocycles. The maximum atomic E-state index is 11.8. The van der Waals surface area contributed by atoms with E-state index in [-0.39, 0.29) is 12.8 Å². The molecule has 2 atom stereocenters. The highest BCUT2D eigenvalue weighted by Crippen LogP contribution is 2.66. The Morgan fingerprint density at radius 2 is 1.38 bits per heavy atom. The summed E-state index contributed by atoms with van der Waals surface area (Å²) in [7, 11) is -3.92. The first-order chi connectivity index (χ1) is 5.71. The largest absolute Gasteiger partial charge is 0.380 e. The van der Waals surface area contributed by atoms with Crippen LogP contribution in [-0.2, 0) is 4.57 Å². The van der Waals surface area contributed by atoms with Gasteiger partial charge in [-0.3, -0.25) is 4.57 Å². The molecule has 0 amide bonds. The highest BCUT2D eigenvalue weighted by Gasteiger charge is 2.54. The minimum absolute atomic E-state index is 0.275. The molecule has 0 radical (unpaired) electrons. The highest BCUT2D eigenvalue weighted by molar-refractivity contribution is 7.60. The zero-order valence-electron chi connectivity index (χ0n) is 8.03. The molecule has 1 heterocycles. The smallest absolute Gasteiger partial charge is 0.261 e. The van der Waals surface area contributed by atoms with Gasteiger partial charge in [0.25, 0.3) is 7.37 Å². The first kappa shape index (κ1) is 11.2. The molecule has 78 valence electrons. The molecule has 4 nitrogen and oxygen atoms in total. The molecule has 13 heavy (non-hydrogen) atoms. The fourth-order valence-corrected chi connectivity index (χ4v) is 3.70. The first-order valence-corrected chi connectivity index (χ1v) is 6.14.